The first kappa shape index (κ1) is 24.4. The van der Waals surface area contributed by atoms with Crippen molar-refractivity contribution in [3.63, 3.8) is 0 Å². The number of halogens is 3. The normalized spacial score (nSPS) is 11.7. The molecule has 10 nitrogen and oxygen atoms in total. The van der Waals surface area contributed by atoms with Crippen LogP contribution in [0.1, 0.15) is 6.92 Å². The van der Waals surface area contributed by atoms with E-state index in [1.54, 1.807) is 27.1 Å². The van der Waals surface area contributed by atoms with Gasteiger partial charge in [0.1, 0.15) is 18.8 Å². The summed E-state index contributed by atoms with van der Waals surface area (Å²) in [4.78, 5) is 32.4. The highest BCUT2D eigenvalue weighted by molar-refractivity contribution is 9.10. The maximum Gasteiger partial charge on any atom is 0.317 e. The van der Waals surface area contributed by atoms with Gasteiger partial charge in [-0.3, -0.25) is 10.1 Å². The first-order chi connectivity index (χ1) is 15.6. The molecule has 3 aromatic rings. The van der Waals surface area contributed by atoms with Gasteiger partial charge in [0.05, 0.1) is 32.6 Å². The quantitative estimate of drug-likeness (QED) is 0.248. The van der Waals surface area contributed by atoms with Crippen molar-refractivity contribution < 1.29 is 18.8 Å². The monoisotopic (exact) mass is 540 g/mol. The number of benzene rings is 2. The standard InChI is InChI=1S/C20H19BrClFN6O4/c1-10(26-20(30)28(2)3)8-33-16-7-14-11(6-15(16)29(31)32)19(25-9-24-14)27-13-5-4-12(21)17(22)18(13)23/h4-7,9-10H,8H2,1-3H3,(H,26,30)(H,24,25,27)/t10-/m1/s1. The van der Waals surface area contributed by atoms with Gasteiger partial charge in [0.15, 0.2) is 11.6 Å². The Morgan fingerprint density at radius 2 is 2.09 bits per heavy atom. The second-order valence-corrected chi connectivity index (χ2v) is 8.45. The molecule has 1 atom stereocenters. The topological polar surface area (TPSA) is 123 Å². The molecule has 2 aromatic carbocycles. The number of anilines is 2. The second-order valence-electron chi connectivity index (χ2n) is 7.22. The van der Waals surface area contributed by atoms with Crippen molar-refractivity contribution in [1.29, 1.82) is 0 Å². The molecule has 0 unspecified atom stereocenters. The largest absolute Gasteiger partial charge is 0.485 e. The fourth-order valence-electron chi connectivity index (χ4n) is 2.78. The summed E-state index contributed by atoms with van der Waals surface area (Å²) in [6.45, 7) is 1.70. The molecule has 0 fully saturated rings. The molecule has 1 heterocycles. The van der Waals surface area contributed by atoms with Crippen molar-refractivity contribution in [3.05, 3.63) is 56.0 Å². The third kappa shape index (κ3) is 5.57. The van der Waals surface area contributed by atoms with E-state index in [4.69, 9.17) is 16.3 Å². The van der Waals surface area contributed by atoms with Gasteiger partial charge in [0.25, 0.3) is 0 Å². The number of hydrogen-bond acceptors (Lipinski definition) is 7. The van der Waals surface area contributed by atoms with Crippen molar-refractivity contribution in [2.45, 2.75) is 13.0 Å². The molecule has 0 aliphatic rings. The molecule has 0 aliphatic carbocycles. The highest BCUT2D eigenvalue weighted by atomic mass is 79.9. The van der Waals surface area contributed by atoms with Gasteiger partial charge < -0.3 is 20.3 Å². The number of nitro benzene ring substituents is 1. The predicted molar refractivity (Wildman–Crippen MR) is 126 cm³/mol. The summed E-state index contributed by atoms with van der Waals surface area (Å²) in [6, 6.07) is 4.92. The van der Waals surface area contributed by atoms with E-state index < -0.39 is 16.8 Å². The van der Waals surface area contributed by atoms with Crippen LogP contribution < -0.4 is 15.4 Å². The molecule has 0 bridgehead atoms. The van der Waals surface area contributed by atoms with Crippen LogP contribution in [-0.2, 0) is 0 Å². The first-order valence-corrected chi connectivity index (χ1v) is 10.7. The predicted octanol–water partition coefficient (Wildman–Crippen LogP) is 4.88. The van der Waals surface area contributed by atoms with Gasteiger partial charge in [-0.15, -0.1) is 0 Å². The zero-order chi connectivity index (χ0) is 24.3. The Balaban J connectivity index is 1.93. The van der Waals surface area contributed by atoms with Gasteiger partial charge in [0.2, 0.25) is 0 Å². The Kier molecular flexibility index (Phi) is 7.49. The van der Waals surface area contributed by atoms with E-state index in [2.05, 4.69) is 36.5 Å². The Bertz CT molecular complexity index is 1230. The highest BCUT2D eigenvalue weighted by Crippen LogP contribution is 2.36. The number of aromatic nitrogens is 2. The Labute approximate surface area is 201 Å². The van der Waals surface area contributed by atoms with Crippen LogP contribution in [0.3, 0.4) is 0 Å². The number of ether oxygens (including phenoxy) is 1. The molecular weight excluding hydrogens is 523 g/mol. The number of urea groups is 1. The molecule has 33 heavy (non-hydrogen) atoms. The summed E-state index contributed by atoms with van der Waals surface area (Å²) in [7, 11) is 3.19. The first-order valence-electron chi connectivity index (χ1n) is 9.52. The number of fused-ring (bicyclic) bond motifs is 1. The molecule has 0 aliphatic heterocycles. The fourth-order valence-corrected chi connectivity index (χ4v) is 3.25. The minimum atomic E-state index is -0.707. The molecule has 3 rings (SSSR count). The van der Waals surface area contributed by atoms with Crippen molar-refractivity contribution in [1.82, 2.24) is 20.2 Å². The van der Waals surface area contributed by atoms with Crippen LogP contribution in [0.2, 0.25) is 5.02 Å². The molecule has 0 saturated carbocycles. The van der Waals surface area contributed by atoms with Crippen LogP contribution in [0, 0.1) is 15.9 Å². The van der Waals surface area contributed by atoms with Crippen LogP contribution in [-0.4, -0.2) is 52.6 Å². The van der Waals surface area contributed by atoms with Crippen LogP contribution in [0.4, 0.5) is 26.4 Å². The van der Waals surface area contributed by atoms with E-state index in [1.165, 1.54) is 29.4 Å². The zero-order valence-electron chi connectivity index (χ0n) is 17.7. The number of amides is 2. The molecule has 174 valence electrons. The molecule has 2 N–H and O–H groups in total. The molecule has 0 spiro atoms. The lowest BCUT2D eigenvalue weighted by atomic mass is 10.2. The Morgan fingerprint density at radius 3 is 2.76 bits per heavy atom. The zero-order valence-corrected chi connectivity index (χ0v) is 20.1. The van der Waals surface area contributed by atoms with Crippen LogP contribution in [0.5, 0.6) is 5.75 Å². The highest BCUT2D eigenvalue weighted by Gasteiger charge is 2.21. The molecule has 1 aromatic heterocycles. The van der Waals surface area contributed by atoms with E-state index in [1.807, 2.05) is 0 Å². The van der Waals surface area contributed by atoms with E-state index in [0.29, 0.717) is 9.99 Å². The number of rotatable bonds is 7. The van der Waals surface area contributed by atoms with Crippen molar-refractivity contribution in [2.24, 2.45) is 0 Å². The summed E-state index contributed by atoms with van der Waals surface area (Å²) in [5, 5.41) is 17.4. The third-order valence-corrected chi connectivity index (χ3v) is 5.72. The minimum absolute atomic E-state index is 0.00921. The lowest BCUT2D eigenvalue weighted by Gasteiger charge is -2.18. The number of nitrogens with one attached hydrogen (secondary N) is 2. The van der Waals surface area contributed by atoms with Gasteiger partial charge in [-0.1, -0.05) is 11.6 Å². The van der Waals surface area contributed by atoms with Crippen molar-refractivity contribution in [2.75, 3.05) is 26.0 Å². The Hall–Kier alpha value is -3.25. The minimum Gasteiger partial charge on any atom is -0.485 e. The SMILES string of the molecule is C[C@H](COc1cc2ncnc(Nc3ccc(Br)c(Cl)c3F)c2cc1[N+](=O)[O-])NC(=O)N(C)C. The summed E-state index contributed by atoms with van der Waals surface area (Å²) in [5.41, 5.74) is 0.0409. The van der Waals surface area contributed by atoms with Gasteiger partial charge in [-0.2, -0.15) is 0 Å². The van der Waals surface area contributed by atoms with E-state index in [0.717, 1.165) is 0 Å². The van der Waals surface area contributed by atoms with Gasteiger partial charge in [-0.25, -0.2) is 19.2 Å². The van der Waals surface area contributed by atoms with Gasteiger partial charge >= 0.3 is 11.7 Å². The van der Waals surface area contributed by atoms with Crippen LogP contribution in [0.15, 0.2) is 35.1 Å². The average Bonchev–Trinajstić information content (AvgIpc) is 2.77. The van der Waals surface area contributed by atoms with Crippen LogP contribution in [0.25, 0.3) is 10.9 Å². The maximum absolute atomic E-state index is 14.5. The molecule has 13 heteroatoms. The average molecular weight is 542 g/mol. The molecular formula is C20H19BrClFN6O4. The van der Waals surface area contributed by atoms with E-state index in [9.17, 15) is 19.3 Å². The molecule has 0 saturated heterocycles. The number of carbonyl (C=O) groups excluding carboxylic acids is 1. The molecule has 0 radical (unpaired) electrons. The van der Waals surface area contributed by atoms with Crippen molar-refractivity contribution in [3.8, 4) is 5.75 Å². The van der Waals surface area contributed by atoms with E-state index >= 15 is 0 Å². The number of nitro groups is 1. The summed E-state index contributed by atoms with van der Waals surface area (Å²) < 4.78 is 20.5. The summed E-state index contributed by atoms with van der Waals surface area (Å²) in [5.74, 6) is -0.583. The summed E-state index contributed by atoms with van der Waals surface area (Å²) >= 11 is 9.08. The Morgan fingerprint density at radius 1 is 1.36 bits per heavy atom. The smallest absolute Gasteiger partial charge is 0.317 e. The molecule has 2 amide bonds. The van der Waals surface area contributed by atoms with E-state index in [-0.39, 0.29) is 46.0 Å². The van der Waals surface area contributed by atoms with Gasteiger partial charge in [0, 0.05) is 30.7 Å². The maximum atomic E-state index is 14.5. The van der Waals surface area contributed by atoms with Crippen molar-refractivity contribution >= 4 is 61.7 Å². The fraction of sp³-hybridized carbons (Fsp3) is 0.250. The lowest BCUT2D eigenvalue weighted by molar-refractivity contribution is -0.385. The van der Waals surface area contributed by atoms with Crippen LogP contribution >= 0.6 is 27.5 Å². The number of carbonyl (C=O) groups is 1. The lowest BCUT2D eigenvalue weighted by Crippen LogP contribution is -2.42. The third-order valence-electron chi connectivity index (χ3n) is 4.47. The van der Waals surface area contributed by atoms with Gasteiger partial charge in [-0.05, 0) is 35.0 Å². The summed E-state index contributed by atoms with van der Waals surface area (Å²) in [6.07, 6.45) is 1.23. The second kappa shape index (κ2) is 10.1. The number of nitrogens with zero attached hydrogens (tertiary/aromatic N) is 4. The number of hydrogen-bond donors (Lipinski definition) is 2.